The molecule has 0 aliphatic carbocycles. The van der Waals surface area contributed by atoms with E-state index < -0.39 is 10.0 Å². The molecule has 2 fully saturated rings. The second-order valence-corrected chi connectivity index (χ2v) is 14.2. The van der Waals surface area contributed by atoms with Gasteiger partial charge in [-0.05, 0) is 60.4 Å². The lowest BCUT2D eigenvalue weighted by atomic mass is 9.92. The van der Waals surface area contributed by atoms with Gasteiger partial charge in [0, 0.05) is 24.0 Å². The maximum atomic E-state index is 9.33. The molecule has 3 atom stereocenters. The number of ether oxygens (including phenoxy) is 1. The zero-order valence-electron chi connectivity index (χ0n) is 16.8. The van der Waals surface area contributed by atoms with Gasteiger partial charge in [0.25, 0.3) is 0 Å². The molecule has 2 bridgehead atoms. The Labute approximate surface area is 176 Å². The van der Waals surface area contributed by atoms with E-state index in [0.717, 1.165) is 59.5 Å². The first-order valence-electron chi connectivity index (χ1n) is 9.79. The van der Waals surface area contributed by atoms with E-state index in [2.05, 4.69) is 45.7 Å². The van der Waals surface area contributed by atoms with Crippen LogP contribution in [0.2, 0.25) is 0 Å². The van der Waals surface area contributed by atoms with Crippen LogP contribution in [0.4, 0.5) is 5.82 Å². The molecule has 8 heteroatoms. The first-order chi connectivity index (χ1) is 13.4. The Hall–Kier alpha value is -1.30. The minimum Gasteiger partial charge on any atom is -0.360 e. The summed E-state index contributed by atoms with van der Waals surface area (Å²) in [7, 11) is -0.550. The summed E-state index contributed by atoms with van der Waals surface area (Å²) in [6.07, 6.45) is 15.0. The molecule has 152 valence electrons. The van der Waals surface area contributed by atoms with Crippen LogP contribution in [-0.2, 0) is 11.5 Å². The summed E-state index contributed by atoms with van der Waals surface area (Å²) in [5.41, 5.74) is 1.72. The lowest BCUT2D eigenvalue weighted by molar-refractivity contribution is 0.0923. The van der Waals surface area contributed by atoms with Crippen LogP contribution in [0.25, 0.3) is 11.2 Å². The van der Waals surface area contributed by atoms with E-state index in [9.17, 15) is 5.26 Å². The van der Waals surface area contributed by atoms with Crippen molar-refractivity contribution in [1.82, 2.24) is 14.5 Å². The smallest absolute Gasteiger partial charge is 0.164 e. The Kier molecular flexibility index (Phi) is 5.60. The number of nitriles is 1. The number of hydrogen-bond donors (Lipinski definition) is 0. The van der Waals surface area contributed by atoms with Gasteiger partial charge in [-0.3, -0.25) is 0 Å². The highest BCUT2D eigenvalue weighted by Gasteiger charge is 2.41. The first kappa shape index (κ1) is 20.0. The van der Waals surface area contributed by atoms with Gasteiger partial charge in [0.05, 0.1) is 29.3 Å². The van der Waals surface area contributed by atoms with E-state index in [-0.39, 0.29) is 5.92 Å². The van der Waals surface area contributed by atoms with E-state index in [0.29, 0.717) is 18.8 Å². The molecule has 0 unspecified atom stereocenters. The number of fused-ring (bicyclic) bond motifs is 3. The van der Waals surface area contributed by atoms with Gasteiger partial charge in [-0.1, -0.05) is 0 Å². The van der Waals surface area contributed by atoms with Gasteiger partial charge in [-0.2, -0.15) is 5.26 Å². The summed E-state index contributed by atoms with van der Waals surface area (Å²) in [6.45, 7) is 1.24. The van der Waals surface area contributed by atoms with E-state index in [1.54, 1.807) is 0 Å². The van der Waals surface area contributed by atoms with Gasteiger partial charge in [0.1, 0.15) is 18.1 Å². The number of halogens is 1. The monoisotopic (exact) mass is 465 g/mol. The zero-order chi connectivity index (χ0) is 19.9. The molecule has 4 heterocycles. The fourth-order valence-corrected chi connectivity index (χ4v) is 5.49. The number of hydrogen-bond acceptors (Lipinski definition) is 5. The van der Waals surface area contributed by atoms with Crippen molar-refractivity contribution in [2.75, 3.05) is 36.0 Å². The molecule has 2 saturated heterocycles. The van der Waals surface area contributed by atoms with Crippen molar-refractivity contribution in [1.29, 1.82) is 5.26 Å². The van der Waals surface area contributed by atoms with Gasteiger partial charge >= 0.3 is 0 Å². The van der Waals surface area contributed by atoms with Gasteiger partial charge in [0.15, 0.2) is 5.65 Å². The zero-order valence-corrected chi connectivity index (χ0v) is 19.2. The van der Waals surface area contributed by atoms with Crippen LogP contribution < -0.4 is 4.90 Å². The molecule has 2 aliphatic rings. The van der Waals surface area contributed by atoms with Crippen LogP contribution in [0, 0.1) is 17.2 Å². The number of anilines is 1. The van der Waals surface area contributed by atoms with Crippen LogP contribution in [0.3, 0.4) is 0 Å². The Bertz CT molecular complexity index is 888. The maximum absolute atomic E-state index is 9.33. The van der Waals surface area contributed by atoms with Crippen LogP contribution in [0.5, 0.6) is 0 Å². The molecule has 2 aliphatic heterocycles. The topological polar surface area (TPSA) is 67.0 Å². The fourth-order valence-electron chi connectivity index (χ4n) is 4.35. The molecule has 0 aromatic carbocycles. The Morgan fingerprint density at radius 3 is 2.64 bits per heavy atom. The molecule has 0 spiro atoms. The van der Waals surface area contributed by atoms with Gasteiger partial charge in [-0.25, -0.2) is 20.0 Å². The summed E-state index contributed by atoms with van der Waals surface area (Å²) >= 11 is 3.61. The summed E-state index contributed by atoms with van der Waals surface area (Å²) in [4.78, 5) is 12.1. The third kappa shape index (κ3) is 4.03. The van der Waals surface area contributed by atoms with Crippen molar-refractivity contribution in [2.24, 2.45) is 5.92 Å². The summed E-state index contributed by atoms with van der Waals surface area (Å²) in [5, 5.41) is 9.33. The van der Waals surface area contributed by atoms with Crippen LogP contribution in [0.15, 0.2) is 16.9 Å². The minimum absolute atomic E-state index is 0.182. The fraction of sp³-hybridized carbons (Fsp3) is 0.650. The average molecular weight is 466 g/mol. The van der Waals surface area contributed by atoms with Crippen molar-refractivity contribution >= 4 is 42.9 Å². The predicted molar refractivity (Wildman–Crippen MR) is 119 cm³/mol. The van der Waals surface area contributed by atoms with Gasteiger partial charge in [-0.15, -0.1) is 0 Å². The highest BCUT2D eigenvalue weighted by atomic mass is 79.9. The Balaban J connectivity index is 1.55. The van der Waals surface area contributed by atoms with E-state index >= 15 is 0 Å². The molecule has 2 aromatic heterocycles. The second kappa shape index (κ2) is 7.85. The second-order valence-electron chi connectivity index (χ2n) is 8.77. The SMILES string of the molecule is CS(C)(C)CCOCn1cc(Br)c2ncc(N3[C@@H]4CC[C@H]3C[C@H](C#N)C4)nc21. The maximum Gasteiger partial charge on any atom is 0.164 e. The van der Waals surface area contributed by atoms with Crippen molar-refractivity contribution < 1.29 is 4.74 Å². The number of rotatable bonds is 6. The molecule has 0 N–H and O–H groups in total. The van der Waals surface area contributed by atoms with Crippen molar-refractivity contribution in [3.63, 3.8) is 0 Å². The largest absolute Gasteiger partial charge is 0.360 e. The third-order valence-electron chi connectivity index (χ3n) is 5.76. The molecule has 0 saturated carbocycles. The standard InChI is InChI=1S/C20H28BrN5OS/c1-28(2,3)7-6-27-13-25-12-17(21)19-20(25)24-18(11-23-19)26-15-4-5-16(26)9-14(8-15)10-22/h11-12,14-16H,4-9,13H2,1-3H3/t14-,15-,16+. The Morgan fingerprint density at radius 2 is 2.00 bits per heavy atom. The van der Waals surface area contributed by atoms with E-state index in [1.165, 1.54) is 0 Å². The minimum atomic E-state index is -0.550. The van der Waals surface area contributed by atoms with E-state index in [4.69, 9.17) is 14.7 Å². The van der Waals surface area contributed by atoms with Gasteiger partial charge < -0.3 is 14.2 Å². The van der Waals surface area contributed by atoms with Crippen LogP contribution in [-0.4, -0.2) is 57.7 Å². The molecular formula is C20H28BrN5OS. The molecular weight excluding hydrogens is 438 g/mol. The molecule has 2 aromatic rings. The number of piperidine rings is 1. The number of aromatic nitrogens is 3. The Morgan fingerprint density at radius 1 is 1.29 bits per heavy atom. The highest BCUT2D eigenvalue weighted by Crippen LogP contribution is 2.41. The van der Waals surface area contributed by atoms with Crippen molar-refractivity contribution in [3.05, 3.63) is 16.9 Å². The van der Waals surface area contributed by atoms with Crippen LogP contribution >= 0.6 is 26.0 Å². The number of nitrogens with zero attached hydrogens (tertiary/aromatic N) is 5. The summed E-state index contributed by atoms with van der Waals surface area (Å²) < 4.78 is 8.91. The predicted octanol–water partition coefficient (Wildman–Crippen LogP) is 4.13. The first-order valence-corrected chi connectivity index (χ1v) is 13.6. The summed E-state index contributed by atoms with van der Waals surface area (Å²) in [5.74, 6) is 2.21. The van der Waals surface area contributed by atoms with Gasteiger partial charge in [0.2, 0.25) is 0 Å². The van der Waals surface area contributed by atoms with Crippen molar-refractivity contribution in [2.45, 2.75) is 44.5 Å². The van der Waals surface area contributed by atoms with E-state index in [1.807, 2.05) is 17.0 Å². The average Bonchev–Trinajstić information content (AvgIpc) is 3.10. The lowest BCUT2D eigenvalue weighted by Crippen LogP contribution is -2.43. The summed E-state index contributed by atoms with van der Waals surface area (Å²) in [6, 6.07) is 3.29. The molecule has 0 radical (unpaired) electrons. The normalized spacial score (nSPS) is 25.2. The molecule has 6 nitrogen and oxygen atoms in total. The quantitative estimate of drug-likeness (QED) is 0.599. The lowest BCUT2D eigenvalue weighted by Gasteiger charge is -2.37. The van der Waals surface area contributed by atoms with Crippen molar-refractivity contribution in [3.8, 4) is 6.07 Å². The molecule has 28 heavy (non-hydrogen) atoms. The molecule has 0 amide bonds. The van der Waals surface area contributed by atoms with Crippen LogP contribution in [0.1, 0.15) is 25.7 Å². The third-order valence-corrected chi connectivity index (χ3v) is 7.73. The molecule has 4 rings (SSSR count). The highest BCUT2D eigenvalue weighted by molar-refractivity contribution is 9.10.